The molecule has 0 radical (unpaired) electrons. The summed E-state index contributed by atoms with van der Waals surface area (Å²) < 4.78 is 0. The average molecular weight is 437 g/mol. The van der Waals surface area contributed by atoms with E-state index < -0.39 is 0 Å². The van der Waals surface area contributed by atoms with Crippen LogP contribution < -0.4 is 0 Å². The largest absolute Gasteiger partial charge is 0.507 e. The molecule has 1 aliphatic rings. The van der Waals surface area contributed by atoms with Gasteiger partial charge >= 0.3 is 0 Å². The van der Waals surface area contributed by atoms with Crippen molar-refractivity contribution in [3.63, 3.8) is 0 Å². The topological polar surface area (TPSA) is 40.5 Å². The van der Waals surface area contributed by atoms with E-state index in [9.17, 15) is 10.2 Å². The van der Waals surface area contributed by atoms with Crippen molar-refractivity contribution in [2.45, 2.75) is 98.8 Å². The van der Waals surface area contributed by atoms with Gasteiger partial charge in [0.15, 0.2) is 0 Å². The van der Waals surface area contributed by atoms with E-state index >= 15 is 0 Å². The summed E-state index contributed by atoms with van der Waals surface area (Å²) in [6.07, 6.45) is 4.81. The van der Waals surface area contributed by atoms with Crippen LogP contribution in [0.15, 0.2) is 24.3 Å². The zero-order valence-electron chi connectivity index (χ0n) is 21.5. The maximum absolute atomic E-state index is 11.2. The fourth-order valence-electron chi connectivity index (χ4n) is 5.20. The molecule has 2 heteroatoms. The Kier molecular flexibility index (Phi) is 7.63. The quantitative estimate of drug-likeness (QED) is 0.412. The number of rotatable bonds is 9. The molecule has 1 saturated carbocycles. The van der Waals surface area contributed by atoms with E-state index in [4.69, 9.17) is 0 Å². The van der Waals surface area contributed by atoms with Gasteiger partial charge in [0.2, 0.25) is 0 Å². The predicted octanol–water partition coefficient (Wildman–Crippen LogP) is 8.75. The minimum atomic E-state index is 0.248. The molecule has 0 saturated heterocycles. The Labute approximate surface area is 196 Å². The summed E-state index contributed by atoms with van der Waals surface area (Å²) in [4.78, 5) is 0. The van der Waals surface area contributed by atoms with Gasteiger partial charge in [-0.3, -0.25) is 0 Å². The summed E-state index contributed by atoms with van der Waals surface area (Å²) in [7, 11) is 0. The van der Waals surface area contributed by atoms with Crippen LogP contribution in [0.2, 0.25) is 0 Å². The second kappa shape index (κ2) is 9.89. The maximum Gasteiger partial charge on any atom is 0.122 e. The first-order chi connectivity index (χ1) is 15.0. The van der Waals surface area contributed by atoms with Crippen LogP contribution in [0.4, 0.5) is 0 Å². The molecular weight excluding hydrogens is 392 g/mol. The van der Waals surface area contributed by atoms with Crippen molar-refractivity contribution in [3.05, 3.63) is 46.5 Å². The molecule has 2 aromatic carbocycles. The van der Waals surface area contributed by atoms with Gasteiger partial charge in [0.25, 0.3) is 0 Å². The molecule has 2 N–H and O–H groups in total. The van der Waals surface area contributed by atoms with Gasteiger partial charge < -0.3 is 10.2 Å². The summed E-state index contributed by atoms with van der Waals surface area (Å²) >= 11 is 0. The Morgan fingerprint density at radius 1 is 0.719 bits per heavy atom. The van der Waals surface area contributed by atoms with Crippen LogP contribution in [-0.4, -0.2) is 10.2 Å². The SMILES string of the molecule is CCC(Cc1cc(-c2cc(C(C)C)c(O)c(C(C)C)c2)cc(C(C)C)c1O)C(C)C1CC1. The van der Waals surface area contributed by atoms with Gasteiger partial charge in [-0.1, -0.05) is 61.8 Å². The molecule has 32 heavy (non-hydrogen) atoms. The number of benzene rings is 2. The highest BCUT2D eigenvalue weighted by molar-refractivity contribution is 5.71. The van der Waals surface area contributed by atoms with Crippen molar-refractivity contribution < 1.29 is 10.2 Å². The Hall–Kier alpha value is -1.96. The van der Waals surface area contributed by atoms with E-state index in [0.717, 1.165) is 52.1 Å². The smallest absolute Gasteiger partial charge is 0.122 e. The second-order valence-electron chi connectivity index (χ2n) is 11.1. The van der Waals surface area contributed by atoms with Gasteiger partial charge in [0, 0.05) is 0 Å². The fourth-order valence-corrected chi connectivity index (χ4v) is 5.20. The Morgan fingerprint density at radius 2 is 1.16 bits per heavy atom. The molecule has 2 atom stereocenters. The standard InChI is InChI=1S/C30H44O2/c1-9-21(20(8)22-10-11-22)12-25-13-23(14-26(17(2)3)29(25)31)24-15-27(18(4)5)30(32)28(16-24)19(6)7/h13-22,31-32H,9-12H2,1-8H3. The van der Waals surface area contributed by atoms with Gasteiger partial charge in [-0.05, 0) is 112 Å². The van der Waals surface area contributed by atoms with Gasteiger partial charge in [0.05, 0.1) is 0 Å². The summed E-state index contributed by atoms with van der Waals surface area (Å²) in [5.41, 5.74) is 6.40. The Bertz CT molecular complexity index is 905. The molecule has 2 unspecified atom stereocenters. The Morgan fingerprint density at radius 3 is 1.56 bits per heavy atom. The molecule has 2 aromatic rings. The van der Waals surface area contributed by atoms with Crippen molar-refractivity contribution in [2.24, 2.45) is 17.8 Å². The lowest BCUT2D eigenvalue weighted by atomic mass is 9.81. The molecule has 0 heterocycles. The highest BCUT2D eigenvalue weighted by Crippen LogP contribution is 2.44. The third-order valence-corrected chi connectivity index (χ3v) is 7.70. The van der Waals surface area contributed by atoms with Gasteiger partial charge in [-0.2, -0.15) is 0 Å². The summed E-state index contributed by atoms with van der Waals surface area (Å²) in [6.45, 7) is 17.5. The highest BCUT2D eigenvalue weighted by atomic mass is 16.3. The first-order valence-electron chi connectivity index (χ1n) is 12.8. The van der Waals surface area contributed by atoms with Crippen molar-refractivity contribution in [2.75, 3.05) is 0 Å². The molecule has 1 fully saturated rings. The van der Waals surface area contributed by atoms with Crippen molar-refractivity contribution in [3.8, 4) is 22.6 Å². The highest BCUT2D eigenvalue weighted by Gasteiger charge is 2.33. The number of aromatic hydroxyl groups is 2. The van der Waals surface area contributed by atoms with Crippen LogP contribution in [0.3, 0.4) is 0 Å². The van der Waals surface area contributed by atoms with Crippen molar-refractivity contribution in [1.82, 2.24) is 0 Å². The molecule has 2 nitrogen and oxygen atoms in total. The molecule has 0 amide bonds. The van der Waals surface area contributed by atoms with E-state index in [1.54, 1.807) is 0 Å². The molecule has 0 bridgehead atoms. The van der Waals surface area contributed by atoms with Crippen LogP contribution in [0.5, 0.6) is 11.5 Å². The lowest BCUT2D eigenvalue weighted by Crippen LogP contribution is -2.16. The number of phenolic OH excluding ortho intramolecular Hbond substituents is 2. The Balaban J connectivity index is 2.12. The van der Waals surface area contributed by atoms with Crippen molar-refractivity contribution in [1.29, 1.82) is 0 Å². The monoisotopic (exact) mass is 436 g/mol. The molecule has 176 valence electrons. The van der Waals surface area contributed by atoms with Crippen molar-refractivity contribution >= 4 is 0 Å². The third-order valence-electron chi connectivity index (χ3n) is 7.70. The molecule has 0 spiro atoms. The summed E-state index contributed by atoms with van der Waals surface area (Å²) in [5.74, 6) is 3.84. The zero-order valence-corrected chi connectivity index (χ0v) is 21.5. The minimum absolute atomic E-state index is 0.248. The molecule has 0 aromatic heterocycles. The zero-order chi connectivity index (χ0) is 23.7. The second-order valence-corrected chi connectivity index (χ2v) is 11.1. The van der Waals surface area contributed by atoms with Crippen LogP contribution in [0.1, 0.15) is 115 Å². The summed E-state index contributed by atoms with van der Waals surface area (Å²) in [6, 6.07) is 8.67. The van der Waals surface area contributed by atoms with Gasteiger partial charge in [-0.25, -0.2) is 0 Å². The first kappa shape index (κ1) is 24.7. The summed E-state index contributed by atoms with van der Waals surface area (Å²) in [5, 5.41) is 22.1. The van der Waals surface area contributed by atoms with Gasteiger partial charge in [0.1, 0.15) is 11.5 Å². The van der Waals surface area contributed by atoms with Crippen LogP contribution >= 0.6 is 0 Å². The lowest BCUT2D eigenvalue weighted by Gasteiger charge is -2.25. The normalized spacial score (nSPS) is 16.2. The molecule has 0 aliphatic heterocycles. The molecule has 3 rings (SSSR count). The van der Waals surface area contributed by atoms with Crippen LogP contribution in [0.25, 0.3) is 11.1 Å². The van der Waals surface area contributed by atoms with E-state index in [2.05, 4.69) is 79.7 Å². The van der Waals surface area contributed by atoms with E-state index in [-0.39, 0.29) is 17.8 Å². The van der Waals surface area contributed by atoms with E-state index in [0.29, 0.717) is 23.3 Å². The first-order valence-corrected chi connectivity index (χ1v) is 12.8. The predicted molar refractivity (Wildman–Crippen MR) is 137 cm³/mol. The minimum Gasteiger partial charge on any atom is -0.507 e. The van der Waals surface area contributed by atoms with E-state index in [1.165, 1.54) is 12.8 Å². The maximum atomic E-state index is 11.2. The number of phenols is 2. The average Bonchev–Trinajstić information content (AvgIpc) is 3.57. The van der Waals surface area contributed by atoms with E-state index in [1.807, 2.05) is 0 Å². The third kappa shape index (κ3) is 5.16. The van der Waals surface area contributed by atoms with Crippen LogP contribution in [0, 0.1) is 17.8 Å². The van der Waals surface area contributed by atoms with Gasteiger partial charge in [-0.15, -0.1) is 0 Å². The molecule has 1 aliphatic carbocycles. The number of hydrogen-bond donors (Lipinski definition) is 2. The fraction of sp³-hybridized carbons (Fsp3) is 0.600. The number of hydrogen-bond acceptors (Lipinski definition) is 2. The molecular formula is C30H44O2. The van der Waals surface area contributed by atoms with Crippen LogP contribution in [-0.2, 0) is 6.42 Å². The lowest BCUT2D eigenvalue weighted by molar-refractivity contribution is 0.306.